The Balaban J connectivity index is 1.68. The molecular formula is C21H22ClFN5O8PS. The van der Waals surface area contributed by atoms with Gasteiger partial charge in [0, 0.05) is 6.04 Å². The van der Waals surface area contributed by atoms with Crippen LogP contribution in [0.1, 0.15) is 30.3 Å². The number of aromatic nitrogens is 3. The lowest BCUT2D eigenvalue weighted by Crippen LogP contribution is -2.36. The second-order valence-corrected chi connectivity index (χ2v) is 13.3. The van der Waals surface area contributed by atoms with Crippen LogP contribution in [-0.4, -0.2) is 72.7 Å². The molecule has 38 heavy (non-hydrogen) atoms. The van der Waals surface area contributed by atoms with E-state index in [1.165, 1.54) is 18.3 Å². The highest BCUT2D eigenvalue weighted by molar-refractivity contribution is 7.97. The van der Waals surface area contributed by atoms with Gasteiger partial charge in [0.2, 0.25) is 0 Å². The Morgan fingerprint density at radius 2 is 1.95 bits per heavy atom. The van der Waals surface area contributed by atoms with Gasteiger partial charge >= 0.3 is 7.60 Å². The molecule has 17 heteroatoms. The molecule has 1 aliphatic heterocycles. The summed E-state index contributed by atoms with van der Waals surface area (Å²) in [6.45, 7) is 1.77. The minimum Gasteiger partial charge on any atom is -0.387 e. The maximum Gasteiger partial charge on any atom is 0.340 e. The number of pyridine rings is 1. The Kier molecular flexibility index (Phi) is 7.81. The summed E-state index contributed by atoms with van der Waals surface area (Å²) in [6, 6.07) is 7.23. The van der Waals surface area contributed by atoms with Crippen LogP contribution < -0.4 is 5.32 Å². The van der Waals surface area contributed by atoms with Crippen molar-refractivity contribution in [3.8, 4) is 6.07 Å². The number of nitrogens with one attached hydrogen (secondary N) is 1. The predicted molar refractivity (Wildman–Crippen MR) is 132 cm³/mol. The summed E-state index contributed by atoms with van der Waals surface area (Å²) in [6.07, 6.45) is -5.11. The number of aliphatic hydroxyl groups excluding tert-OH is 2. The van der Waals surface area contributed by atoms with Crippen molar-refractivity contribution in [2.75, 3.05) is 16.6 Å². The van der Waals surface area contributed by atoms with Crippen LogP contribution in [-0.2, 0) is 19.1 Å². The number of benzene rings is 1. The number of fused-ring (bicyclic) bond motifs is 1. The Morgan fingerprint density at radius 3 is 2.55 bits per heavy atom. The van der Waals surface area contributed by atoms with E-state index >= 15 is 0 Å². The van der Waals surface area contributed by atoms with E-state index in [0.717, 1.165) is 4.68 Å². The van der Waals surface area contributed by atoms with Crippen LogP contribution in [0.25, 0.3) is 11.0 Å². The van der Waals surface area contributed by atoms with Crippen molar-refractivity contribution in [2.24, 2.45) is 0 Å². The van der Waals surface area contributed by atoms with Crippen molar-refractivity contribution in [1.29, 1.82) is 5.26 Å². The monoisotopic (exact) mass is 589 g/mol. The molecule has 0 amide bonds. The maximum absolute atomic E-state index is 13.3. The zero-order valence-corrected chi connectivity index (χ0v) is 22.0. The number of anilines is 1. The molecule has 1 fully saturated rings. The van der Waals surface area contributed by atoms with Gasteiger partial charge in [-0.1, -0.05) is 23.7 Å². The van der Waals surface area contributed by atoms with Crippen LogP contribution in [0.4, 0.5) is 10.1 Å². The summed E-state index contributed by atoms with van der Waals surface area (Å²) < 4.78 is 55.5. The molecule has 1 aliphatic rings. The molecule has 2 aromatic heterocycles. The van der Waals surface area contributed by atoms with Gasteiger partial charge in [-0.3, -0.25) is 4.57 Å². The number of aliphatic hydroxyl groups is 2. The molecular weight excluding hydrogens is 568 g/mol. The molecule has 3 aromatic rings. The first-order valence-corrected chi connectivity index (χ1v) is 15.0. The summed E-state index contributed by atoms with van der Waals surface area (Å²) in [5, 5.41) is 38.1. The first kappa shape index (κ1) is 28.3. The summed E-state index contributed by atoms with van der Waals surface area (Å²) in [5.41, 5.74) is -0.507. The molecule has 3 heterocycles. The van der Waals surface area contributed by atoms with E-state index in [1.807, 2.05) is 6.07 Å². The van der Waals surface area contributed by atoms with Gasteiger partial charge in [0.15, 0.2) is 32.4 Å². The smallest absolute Gasteiger partial charge is 0.340 e. The first-order valence-electron chi connectivity index (χ1n) is 11.0. The van der Waals surface area contributed by atoms with Crippen LogP contribution in [0.2, 0.25) is 5.15 Å². The van der Waals surface area contributed by atoms with Crippen LogP contribution in [0.5, 0.6) is 0 Å². The third-order valence-electron chi connectivity index (χ3n) is 5.90. The number of nitrogens with zero attached hydrogens (tertiary/aromatic N) is 4. The molecule has 0 unspecified atom stereocenters. The molecule has 4 rings (SSSR count). The Bertz CT molecular complexity index is 1560. The zero-order chi connectivity index (χ0) is 28.0. The van der Waals surface area contributed by atoms with E-state index < -0.39 is 65.1 Å². The normalized spacial score (nSPS) is 22.9. The number of ether oxygens (including phenoxy) is 1. The molecule has 0 saturated carbocycles. The number of hydrogen-bond donors (Lipinski definition) is 5. The second-order valence-electron chi connectivity index (χ2n) is 8.76. The Labute approximate surface area is 220 Å². The van der Waals surface area contributed by atoms with Crippen molar-refractivity contribution >= 4 is 45.8 Å². The molecule has 5 atom stereocenters. The fraction of sp³-hybridized carbons (Fsp3) is 0.381. The van der Waals surface area contributed by atoms with Crippen molar-refractivity contribution in [3.63, 3.8) is 0 Å². The van der Waals surface area contributed by atoms with Gasteiger partial charge in [-0.2, -0.15) is 10.4 Å². The topological polar surface area (TPSA) is 208 Å². The number of nitriles is 1. The number of sulfone groups is 1. The van der Waals surface area contributed by atoms with Gasteiger partial charge in [-0.15, -0.1) is 0 Å². The average molecular weight is 590 g/mol. The second kappa shape index (κ2) is 10.5. The third-order valence-corrected chi connectivity index (χ3v) is 9.93. The van der Waals surface area contributed by atoms with Crippen LogP contribution in [0.3, 0.4) is 0 Å². The van der Waals surface area contributed by atoms with Crippen molar-refractivity contribution in [3.05, 3.63) is 52.6 Å². The number of hydrogen-bond acceptors (Lipinski definition) is 10. The van der Waals surface area contributed by atoms with Crippen molar-refractivity contribution in [2.45, 2.75) is 37.5 Å². The fourth-order valence-electron chi connectivity index (χ4n) is 4.15. The lowest BCUT2D eigenvalue weighted by Gasteiger charge is -2.19. The summed E-state index contributed by atoms with van der Waals surface area (Å²) in [7, 11) is -9.29. The molecule has 13 nitrogen and oxygen atoms in total. The predicted octanol–water partition coefficient (Wildman–Crippen LogP) is 1.44. The molecule has 1 saturated heterocycles. The number of halogens is 2. The molecule has 0 radical (unpaired) electrons. The zero-order valence-electron chi connectivity index (χ0n) is 19.5. The van der Waals surface area contributed by atoms with Gasteiger partial charge in [-0.05, 0) is 24.6 Å². The SMILES string of the molecule is C[C@H](Nc1c(C#N)c(Cl)nc2c1cnn2[C@@H]1O[C@H](CS(=O)(=O)CP(=O)(O)O)[C@@H](O)[C@H]1O)c1ccc(F)cc1. The molecule has 5 N–H and O–H groups in total. The number of rotatable bonds is 8. The van der Waals surface area contributed by atoms with E-state index in [0.29, 0.717) is 5.56 Å². The lowest BCUT2D eigenvalue weighted by atomic mass is 10.1. The average Bonchev–Trinajstić information content (AvgIpc) is 3.33. The highest BCUT2D eigenvalue weighted by Gasteiger charge is 2.47. The Morgan fingerprint density at radius 1 is 1.29 bits per heavy atom. The molecule has 0 aliphatic carbocycles. The quantitative estimate of drug-likeness (QED) is 0.187. The standard InChI is InChI=1S/C21H22ClFN5O8PS/c1-10(11-2-4-12(23)5-3-11)26-16-13(6-24)19(22)27-20-14(16)7-25-28(20)21-18(30)17(29)15(36-21)8-38(34,35)9-37(31,32)33/h2-5,7,10,15,17-18,21,29-30H,8-9H2,1H3,(H,26,27)(H2,31,32,33)/t10-,15+,17+,18+,21+/m0/s1. The van der Waals surface area contributed by atoms with E-state index in [1.54, 1.807) is 19.1 Å². The Hall–Kier alpha value is -2.67. The molecule has 0 spiro atoms. The first-order chi connectivity index (χ1) is 17.7. The van der Waals surface area contributed by atoms with E-state index in [4.69, 9.17) is 26.1 Å². The largest absolute Gasteiger partial charge is 0.387 e. The maximum atomic E-state index is 13.3. The van der Waals surface area contributed by atoms with Gasteiger partial charge in [0.1, 0.15) is 35.8 Å². The summed E-state index contributed by atoms with van der Waals surface area (Å²) in [5.74, 6) is -1.39. The highest BCUT2D eigenvalue weighted by Crippen LogP contribution is 2.39. The summed E-state index contributed by atoms with van der Waals surface area (Å²) >= 11 is 6.27. The minimum atomic E-state index is -4.91. The summed E-state index contributed by atoms with van der Waals surface area (Å²) in [4.78, 5) is 22.2. The molecule has 204 valence electrons. The van der Waals surface area contributed by atoms with E-state index in [9.17, 15) is 32.8 Å². The van der Waals surface area contributed by atoms with Gasteiger partial charge < -0.3 is 30.1 Å². The van der Waals surface area contributed by atoms with E-state index in [-0.39, 0.29) is 27.4 Å². The van der Waals surface area contributed by atoms with Crippen molar-refractivity contribution < 1.29 is 42.1 Å². The van der Waals surface area contributed by atoms with Crippen LogP contribution in [0.15, 0.2) is 30.5 Å². The van der Waals surface area contributed by atoms with Crippen LogP contribution in [0, 0.1) is 17.1 Å². The molecule has 1 aromatic carbocycles. The van der Waals surface area contributed by atoms with Gasteiger partial charge in [0.25, 0.3) is 0 Å². The minimum absolute atomic E-state index is 0.0120. The van der Waals surface area contributed by atoms with Gasteiger partial charge in [-0.25, -0.2) is 22.5 Å². The van der Waals surface area contributed by atoms with Crippen LogP contribution >= 0.6 is 19.2 Å². The van der Waals surface area contributed by atoms with Crippen molar-refractivity contribution in [1.82, 2.24) is 14.8 Å². The molecule has 0 bridgehead atoms. The lowest BCUT2D eigenvalue weighted by molar-refractivity contribution is -0.0364. The fourth-order valence-corrected chi connectivity index (χ4v) is 7.61. The highest BCUT2D eigenvalue weighted by atomic mass is 35.5. The van der Waals surface area contributed by atoms with Gasteiger partial charge in [0.05, 0.1) is 23.0 Å². The van der Waals surface area contributed by atoms with E-state index in [2.05, 4.69) is 15.4 Å². The third kappa shape index (κ3) is 5.83.